The van der Waals surface area contributed by atoms with Gasteiger partial charge in [0.25, 0.3) is 10.0 Å². The summed E-state index contributed by atoms with van der Waals surface area (Å²) >= 11 is 0. The molecule has 0 saturated heterocycles. The van der Waals surface area contributed by atoms with E-state index in [0.29, 0.717) is 12.0 Å². The second-order valence-corrected chi connectivity index (χ2v) is 9.04. The minimum absolute atomic E-state index is 0.132. The average molecular weight is 407 g/mol. The van der Waals surface area contributed by atoms with Crippen molar-refractivity contribution in [3.05, 3.63) is 83.2 Å². The Morgan fingerprint density at radius 2 is 1.79 bits per heavy atom. The standard InChI is InChI=1S/C23H22N2O3S/c1-15-6-3-4-9-22(15)29(27,28)25-23(26)21-11-10-20-18(7-5-8-19(20)21)17-12-13-24-14-16(17)2/h3-9,12-14,21H,10-11H2,1-2H3,(H,25,26). The molecule has 4 rings (SSSR count). The molecule has 5 nitrogen and oxygen atoms in total. The van der Waals surface area contributed by atoms with Crippen LogP contribution in [0.5, 0.6) is 0 Å². The molecule has 29 heavy (non-hydrogen) atoms. The lowest BCUT2D eigenvalue weighted by Crippen LogP contribution is -2.34. The van der Waals surface area contributed by atoms with Crippen LogP contribution in [0.3, 0.4) is 0 Å². The molecular formula is C23H22N2O3S. The summed E-state index contributed by atoms with van der Waals surface area (Å²) in [5.74, 6) is -0.957. The number of pyridine rings is 1. The second kappa shape index (κ2) is 7.44. The zero-order chi connectivity index (χ0) is 20.6. The predicted molar refractivity (Wildman–Crippen MR) is 112 cm³/mol. The number of aryl methyl sites for hydroxylation is 2. The summed E-state index contributed by atoms with van der Waals surface area (Å²) < 4.78 is 27.7. The van der Waals surface area contributed by atoms with Crippen molar-refractivity contribution in [2.45, 2.75) is 37.5 Å². The second-order valence-electron chi connectivity index (χ2n) is 7.39. The van der Waals surface area contributed by atoms with Crippen molar-refractivity contribution in [2.24, 2.45) is 0 Å². The largest absolute Gasteiger partial charge is 0.273 e. The van der Waals surface area contributed by atoms with Crippen LogP contribution in [0.15, 0.2) is 65.8 Å². The van der Waals surface area contributed by atoms with Crippen LogP contribution >= 0.6 is 0 Å². The van der Waals surface area contributed by atoms with Gasteiger partial charge in [0.2, 0.25) is 5.91 Å². The van der Waals surface area contributed by atoms with Gasteiger partial charge in [-0.15, -0.1) is 0 Å². The average Bonchev–Trinajstić information content (AvgIpc) is 3.13. The fourth-order valence-electron chi connectivity index (χ4n) is 4.07. The number of sulfonamides is 1. The topological polar surface area (TPSA) is 76.1 Å². The summed E-state index contributed by atoms with van der Waals surface area (Å²) in [5, 5.41) is 0. The van der Waals surface area contributed by atoms with Crippen molar-refractivity contribution in [3.8, 4) is 11.1 Å². The number of rotatable bonds is 4. The number of hydrogen-bond acceptors (Lipinski definition) is 4. The van der Waals surface area contributed by atoms with Gasteiger partial charge in [-0.05, 0) is 72.2 Å². The van der Waals surface area contributed by atoms with Gasteiger partial charge in [-0.3, -0.25) is 9.78 Å². The fraction of sp³-hybridized carbons (Fsp3) is 0.217. The van der Waals surface area contributed by atoms with Crippen molar-refractivity contribution in [1.29, 1.82) is 0 Å². The minimum atomic E-state index is -3.91. The third-order valence-corrected chi connectivity index (χ3v) is 7.02. The number of amides is 1. The van der Waals surface area contributed by atoms with E-state index in [2.05, 4.69) is 9.71 Å². The van der Waals surface area contributed by atoms with Gasteiger partial charge in [-0.1, -0.05) is 36.4 Å². The van der Waals surface area contributed by atoms with Gasteiger partial charge < -0.3 is 0 Å². The number of benzene rings is 2. The zero-order valence-corrected chi connectivity index (χ0v) is 17.2. The third kappa shape index (κ3) is 3.56. The Bertz CT molecular complexity index is 1200. The van der Waals surface area contributed by atoms with Gasteiger partial charge in [-0.2, -0.15) is 0 Å². The summed E-state index contributed by atoms with van der Waals surface area (Å²) in [5.41, 5.74) is 5.85. The van der Waals surface area contributed by atoms with Crippen LogP contribution in [0.4, 0.5) is 0 Å². The smallest absolute Gasteiger partial charge is 0.264 e. The molecule has 0 aliphatic heterocycles. The number of nitrogens with one attached hydrogen (secondary N) is 1. The van der Waals surface area contributed by atoms with Crippen molar-refractivity contribution in [1.82, 2.24) is 9.71 Å². The highest BCUT2D eigenvalue weighted by molar-refractivity contribution is 7.90. The molecule has 148 valence electrons. The van der Waals surface area contributed by atoms with E-state index in [1.165, 1.54) is 6.07 Å². The minimum Gasteiger partial charge on any atom is -0.273 e. The van der Waals surface area contributed by atoms with E-state index in [-0.39, 0.29) is 4.90 Å². The van der Waals surface area contributed by atoms with Crippen LogP contribution in [-0.4, -0.2) is 19.3 Å². The first-order valence-electron chi connectivity index (χ1n) is 9.53. The number of hydrogen-bond donors (Lipinski definition) is 1. The molecule has 6 heteroatoms. The van der Waals surface area contributed by atoms with Crippen LogP contribution in [0, 0.1) is 13.8 Å². The molecule has 0 saturated carbocycles. The Morgan fingerprint density at radius 1 is 1.00 bits per heavy atom. The quantitative estimate of drug-likeness (QED) is 0.713. The summed E-state index contributed by atoms with van der Waals surface area (Å²) in [6, 6.07) is 14.5. The van der Waals surface area contributed by atoms with Gasteiger partial charge in [0, 0.05) is 12.4 Å². The molecule has 0 spiro atoms. The summed E-state index contributed by atoms with van der Waals surface area (Å²) in [4.78, 5) is 17.2. The van der Waals surface area contributed by atoms with Crippen LogP contribution in [0.25, 0.3) is 11.1 Å². The molecule has 1 aromatic heterocycles. The maximum absolute atomic E-state index is 12.9. The van der Waals surface area contributed by atoms with E-state index < -0.39 is 21.8 Å². The number of aromatic nitrogens is 1. The van der Waals surface area contributed by atoms with Gasteiger partial charge in [0.15, 0.2) is 0 Å². The number of carbonyl (C=O) groups excluding carboxylic acids is 1. The first kappa shape index (κ1) is 19.3. The SMILES string of the molecule is Cc1cnccc1-c1cccc2c1CCC2C(=O)NS(=O)(=O)c1ccccc1C. The van der Waals surface area contributed by atoms with Crippen LogP contribution in [-0.2, 0) is 21.2 Å². The molecule has 0 radical (unpaired) electrons. The normalized spacial score (nSPS) is 15.7. The molecule has 1 atom stereocenters. The van der Waals surface area contributed by atoms with Gasteiger partial charge >= 0.3 is 0 Å². The molecule has 1 unspecified atom stereocenters. The zero-order valence-electron chi connectivity index (χ0n) is 16.3. The molecular weight excluding hydrogens is 384 g/mol. The van der Waals surface area contributed by atoms with E-state index >= 15 is 0 Å². The van der Waals surface area contributed by atoms with E-state index in [9.17, 15) is 13.2 Å². The summed E-state index contributed by atoms with van der Waals surface area (Å²) in [6.07, 6.45) is 4.90. The fourth-order valence-corrected chi connectivity index (χ4v) is 5.34. The van der Waals surface area contributed by atoms with Crippen LogP contribution in [0.2, 0.25) is 0 Å². The Kier molecular flexibility index (Phi) is 4.96. The third-order valence-electron chi connectivity index (χ3n) is 5.52. The number of fused-ring (bicyclic) bond motifs is 1. The molecule has 1 aliphatic carbocycles. The maximum Gasteiger partial charge on any atom is 0.264 e. The number of nitrogens with zero attached hydrogens (tertiary/aromatic N) is 1. The first-order valence-corrected chi connectivity index (χ1v) is 11.0. The van der Waals surface area contributed by atoms with Crippen LogP contribution in [0.1, 0.15) is 34.6 Å². The molecule has 1 amide bonds. The first-order chi connectivity index (χ1) is 13.9. The Balaban J connectivity index is 1.65. The van der Waals surface area contributed by atoms with Crippen LogP contribution < -0.4 is 4.72 Å². The molecule has 2 aromatic carbocycles. The molecule has 3 aromatic rings. The highest BCUT2D eigenvalue weighted by atomic mass is 32.2. The van der Waals surface area contributed by atoms with E-state index in [4.69, 9.17) is 0 Å². The Morgan fingerprint density at radius 3 is 2.55 bits per heavy atom. The maximum atomic E-state index is 12.9. The monoisotopic (exact) mass is 406 g/mol. The van der Waals surface area contributed by atoms with E-state index in [1.807, 2.05) is 37.4 Å². The highest BCUT2D eigenvalue weighted by Crippen LogP contribution is 2.40. The van der Waals surface area contributed by atoms with Gasteiger partial charge in [0.1, 0.15) is 0 Å². The Hall–Kier alpha value is -2.99. The lowest BCUT2D eigenvalue weighted by molar-refractivity contribution is -0.120. The van der Waals surface area contributed by atoms with Crippen molar-refractivity contribution in [3.63, 3.8) is 0 Å². The Labute approximate surface area is 170 Å². The summed E-state index contributed by atoms with van der Waals surface area (Å²) in [7, 11) is -3.91. The van der Waals surface area contributed by atoms with Crippen molar-refractivity contribution >= 4 is 15.9 Å². The highest BCUT2D eigenvalue weighted by Gasteiger charge is 2.33. The summed E-state index contributed by atoms with van der Waals surface area (Å²) in [6.45, 7) is 3.73. The molecule has 0 bridgehead atoms. The molecule has 1 heterocycles. The van der Waals surface area contributed by atoms with E-state index in [0.717, 1.165) is 34.2 Å². The van der Waals surface area contributed by atoms with Crippen molar-refractivity contribution < 1.29 is 13.2 Å². The van der Waals surface area contributed by atoms with E-state index in [1.54, 1.807) is 31.3 Å². The molecule has 1 N–H and O–H groups in total. The molecule has 1 aliphatic rings. The number of carbonyl (C=O) groups is 1. The lowest BCUT2D eigenvalue weighted by atomic mass is 9.93. The molecule has 0 fully saturated rings. The predicted octanol–water partition coefficient (Wildman–Crippen LogP) is 3.90. The van der Waals surface area contributed by atoms with Crippen molar-refractivity contribution in [2.75, 3.05) is 0 Å². The van der Waals surface area contributed by atoms with Gasteiger partial charge in [0.05, 0.1) is 10.8 Å². The lowest BCUT2D eigenvalue weighted by Gasteiger charge is -2.15. The van der Waals surface area contributed by atoms with Gasteiger partial charge in [-0.25, -0.2) is 13.1 Å².